The molecule has 1 aromatic carbocycles. The number of aryl methyl sites for hydroxylation is 1. The van der Waals surface area contributed by atoms with Gasteiger partial charge >= 0.3 is 0 Å². The van der Waals surface area contributed by atoms with Gasteiger partial charge in [0.25, 0.3) is 0 Å². The van der Waals surface area contributed by atoms with Crippen molar-refractivity contribution in [2.75, 3.05) is 13.3 Å². The molecule has 0 aliphatic rings. The van der Waals surface area contributed by atoms with Crippen molar-refractivity contribution in [3.05, 3.63) is 29.6 Å². The second kappa shape index (κ2) is 4.80. The van der Waals surface area contributed by atoms with Crippen LogP contribution in [0.3, 0.4) is 0 Å². The minimum absolute atomic E-state index is 0.292. The van der Waals surface area contributed by atoms with Gasteiger partial charge in [-0.1, -0.05) is 6.07 Å². The van der Waals surface area contributed by atoms with E-state index in [0.717, 1.165) is 5.56 Å². The second-order valence-electron chi connectivity index (χ2n) is 2.80. The van der Waals surface area contributed by atoms with Gasteiger partial charge < -0.3 is 4.74 Å². The number of hydrogen-bond acceptors (Lipinski definition) is 1. The Hall–Kier alpha value is -1.12. The van der Waals surface area contributed by atoms with Crippen molar-refractivity contribution in [2.45, 2.75) is 13.3 Å². The molecular weight excluding hydrogens is 174 g/mol. The molecule has 0 aromatic heterocycles. The molecule has 0 heterocycles. The molecule has 0 aliphatic carbocycles. The maximum absolute atomic E-state index is 12.7. The maximum Gasteiger partial charge on any atom is 0.126 e. The largest absolute Gasteiger partial charge is 0.493 e. The molecule has 0 bridgehead atoms. The van der Waals surface area contributed by atoms with E-state index < -0.39 is 6.67 Å². The quantitative estimate of drug-likeness (QED) is 0.657. The molecule has 0 radical (unpaired) electrons. The summed E-state index contributed by atoms with van der Waals surface area (Å²) in [4.78, 5) is 0. The summed E-state index contributed by atoms with van der Waals surface area (Å²) in [6.45, 7) is 1.71. The highest BCUT2D eigenvalue weighted by atomic mass is 19.1. The van der Waals surface area contributed by atoms with Crippen molar-refractivity contribution < 1.29 is 13.5 Å². The van der Waals surface area contributed by atoms with Crippen molar-refractivity contribution in [3.8, 4) is 5.75 Å². The molecule has 0 spiro atoms. The third kappa shape index (κ3) is 3.01. The number of alkyl halides is 1. The third-order valence-corrected chi connectivity index (χ3v) is 1.69. The molecule has 0 aliphatic heterocycles. The summed E-state index contributed by atoms with van der Waals surface area (Å²) in [6, 6.07) is 4.32. The van der Waals surface area contributed by atoms with E-state index in [2.05, 4.69) is 0 Å². The van der Waals surface area contributed by atoms with Crippen molar-refractivity contribution in [2.24, 2.45) is 0 Å². The average Bonchev–Trinajstić information content (AvgIpc) is 2.11. The van der Waals surface area contributed by atoms with E-state index in [1.165, 1.54) is 12.1 Å². The summed E-state index contributed by atoms with van der Waals surface area (Å²) in [6.07, 6.45) is 0.343. The first kappa shape index (κ1) is 9.96. The molecule has 72 valence electrons. The number of benzene rings is 1. The summed E-state index contributed by atoms with van der Waals surface area (Å²) >= 11 is 0. The van der Waals surface area contributed by atoms with Crippen molar-refractivity contribution in [3.63, 3.8) is 0 Å². The Kier molecular flexibility index (Phi) is 3.68. The van der Waals surface area contributed by atoms with Crippen LogP contribution >= 0.6 is 0 Å². The Morgan fingerprint density at radius 2 is 2.15 bits per heavy atom. The molecule has 0 atom stereocenters. The third-order valence-electron chi connectivity index (χ3n) is 1.69. The van der Waals surface area contributed by atoms with Gasteiger partial charge in [-0.3, -0.25) is 4.39 Å². The molecule has 0 saturated heterocycles. The predicted molar refractivity (Wildman–Crippen MR) is 47.2 cm³/mol. The molecule has 0 N–H and O–H groups in total. The van der Waals surface area contributed by atoms with E-state index in [9.17, 15) is 8.78 Å². The summed E-state index contributed by atoms with van der Waals surface area (Å²) in [5.41, 5.74) is 0.861. The van der Waals surface area contributed by atoms with Crippen LogP contribution < -0.4 is 4.74 Å². The first-order valence-corrected chi connectivity index (χ1v) is 4.19. The maximum atomic E-state index is 12.7. The van der Waals surface area contributed by atoms with Gasteiger partial charge in [0.2, 0.25) is 0 Å². The van der Waals surface area contributed by atoms with Gasteiger partial charge in [0, 0.05) is 12.5 Å². The van der Waals surface area contributed by atoms with Crippen LogP contribution in [0.5, 0.6) is 5.75 Å². The molecule has 1 nitrogen and oxygen atoms in total. The normalized spacial score (nSPS) is 10.1. The lowest BCUT2D eigenvalue weighted by Crippen LogP contribution is -1.99. The highest BCUT2D eigenvalue weighted by Crippen LogP contribution is 2.18. The van der Waals surface area contributed by atoms with Crippen molar-refractivity contribution in [1.82, 2.24) is 0 Å². The predicted octanol–water partition coefficient (Wildman–Crippen LogP) is 2.87. The Morgan fingerprint density at radius 1 is 1.38 bits per heavy atom. The number of rotatable bonds is 4. The van der Waals surface area contributed by atoms with E-state index in [4.69, 9.17) is 4.74 Å². The molecule has 13 heavy (non-hydrogen) atoms. The van der Waals surface area contributed by atoms with E-state index in [1.54, 1.807) is 6.07 Å². The Labute approximate surface area is 76.3 Å². The van der Waals surface area contributed by atoms with Crippen LogP contribution in [0.4, 0.5) is 8.78 Å². The monoisotopic (exact) mass is 186 g/mol. The highest BCUT2D eigenvalue weighted by molar-refractivity contribution is 5.32. The molecule has 1 aromatic rings. The number of ether oxygens (including phenoxy) is 1. The van der Waals surface area contributed by atoms with Crippen LogP contribution in [0.25, 0.3) is 0 Å². The first-order valence-electron chi connectivity index (χ1n) is 4.19. The molecule has 0 saturated carbocycles. The average molecular weight is 186 g/mol. The Morgan fingerprint density at radius 3 is 2.85 bits per heavy atom. The smallest absolute Gasteiger partial charge is 0.126 e. The molecule has 3 heteroatoms. The van der Waals surface area contributed by atoms with Crippen LogP contribution in [0.2, 0.25) is 0 Å². The minimum Gasteiger partial charge on any atom is -0.493 e. The van der Waals surface area contributed by atoms with Crippen LogP contribution in [-0.2, 0) is 0 Å². The zero-order valence-electron chi connectivity index (χ0n) is 7.52. The van der Waals surface area contributed by atoms with Gasteiger partial charge in [-0.2, -0.15) is 0 Å². The Bertz CT molecular complexity index is 274. The minimum atomic E-state index is -0.408. The SMILES string of the molecule is Cc1ccc(F)cc1OCCCF. The van der Waals surface area contributed by atoms with E-state index in [1.807, 2.05) is 6.92 Å². The van der Waals surface area contributed by atoms with Gasteiger partial charge in [-0.25, -0.2) is 4.39 Å². The second-order valence-corrected chi connectivity index (χ2v) is 2.80. The molecule has 0 unspecified atom stereocenters. The van der Waals surface area contributed by atoms with E-state index in [-0.39, 0.29) is 5.82 Å². The number of hydrogen-bond donors (Lipinski definition) is 0. The molecule has 0 amide bonds. The molecule has 0 fully saturated rings. The summed E-state index contributed by atoms with van der Waals surface area (Å²) in [5, 5.41) is 0. The standard InChI is InChI=1S/C10H12F2O/c1-8-3-4-9(12)7-10(8)13-6-2-5-11/h3-4,7H,2,5-6H2,1H3. The fourth-order valence-electron chi connectivity index (χ4n) is 0.966. The zero-order chi connectivity index (χ0) is 9.68. The van der Waals surface area contributed by atoms with Gasteiger partial charge in [0.05, 0.1) is 13.3 Å². The molecular formula is C10H12F2O. The fraction of sp³-hybridized carbons (Fsp3) is 0.400. The van der Waals surface area contributed by atoms with E-state index in [0.29, 0.717) is 18.8 Å². The van der Waals surface area contributed by atoms with Gasteiger partial charge in [0.1, 0.15) is 11.6 Å². The van der Waals surface area contributed by atoms with Crippen LogP contribution in [0.1, 0.15) is 12.0 Å². The number of halogens is 2. The topological polar surface area (TPSA) is 9.23 Å². The zero-order valence-corrected chi connectivity index (χ0v) is 7.52. The first-order chi connectivity index (χ1) is 6.24. The lowest BCUT2D eigenvalue weighted by molar-refractivity contribution is 0.287. The van der Waals surface area contributed by atoms with Crippen LogP contribution in [0, 0.1) is 12.7 Å². The molecule has 1 rings (SSSR count). The van der Waals surface area contributed by atoms with Gasteiger partial charge in [-0.05, 0) is 18.6 Å². The highest BCUT2D eigenvalue weighted by Gasteiger charge is 2.00. The van der Waals surface area contributed by atoms with Crippen molar-refractivity contribution >= 4 is 0 Å². The van der Waals surface area contributed by atoms with E-state index >= 15 is 0 Å². The Balaban J connectivity index is 2.59. The van der Waals surface area contributed by atoms with Crippen LogP contribution in [0.15, 0.2) is 18.2 Å². The lowest BCUT2D eigenvalue weighted by Gasteiger charge is -2.07. The summed E-state index contributed by atoms with van der Waals surface area (Å²) in [7, 11) is 0. The summed E-state index contributed by atoms with van der Waals surface area (Å²) in [5.74, 6) is 0.161. The lowest BCUT2D eigenvalue weighted by atomic mass is 10.2. The van der Waals surface area contributed by atoms with Gasteiger partial charge in [0.15, 0.2) is 0 Å². The van der Waals surface area contributed by atoms with Crippen LogP contribution in [-0.4, -0.2) is 13.3 Å². The fourth-order valence-corrected chi connectivity index (χ4v) is 0.966. The summed E-state index contributed by atoms with van der Waals surface area (Å²) < 4.78 is 29.6. The van der Waals surface area contributed by atoms with Gasteiger partial charge in [-0.15, -0.1) is 0 Å². The van der Waals surface area contributed by atoms with Crippen molar-refractivity contribution in [1.29, 1.82) is 0 Å².